The van der Waals surface area contributed by atoms with E-state index in [1.165, 1.54) is 36.7 Å². The first kappa shape index (κ1) is 30.9. The number of halogens is 2. The van der Waals surface area contributed by atoms with Gasteiger partial charge in [0.2, 0.25) is 5.91 Å². The van der Waals surface area contributed by atoms with Gasteiger partial charge in [-0.15, -0.1) is 0 Å². The topological polar surface area (TPSA) is 95.1 Å². The van der Waals surface area contributed by atoms with Gasteiger partial charge in [0.15, 0.2) is 5.82 Å². The molecule has 2 saturated heterocycles. The van der Waals surface area contributed by atoms with Crippen LogP contribution in [-0.2, 0) is 9.63 Å². The van der Waals surface area contributed by atoms with E-state index < -0.39 is 11.6 Å². The Labute approximate surface area is 266 Å². The molecule has 3 heterocycles. The van der Waals surface area contributed by atoms with Gasteiger partial charge in [-0.05, 0) is 66.2 Å². The third-order valence-electron chi connectivity index (χ3n) is 8.11. The summed E-state index contributed by atoms with van der Waals surface area (Å²) < 4.78 is 34.5. The zero-order valence-corrected chi connectivity index (χ0v) is 25.7. The van der Waals surface area contributed by atoms with Crippen LogP contribution in [0.4, 0.5) is 37.5 Å². The van der Waals surface area contributed by atoms with Crippen LogP contribution in [0.3, 0.4) is 0 Å². The minimum Gasteiger partial charge on any atom is -0.494 e. The van der Waals surface area contributed by atoms with Crippen LogP contribution in [0.1, 0.15) is 18.0 Å². The molecule has 1 atom stereocenters. The van der Waals surface area contributed by atoms with Gasteiger partial charge in [-0.25, -0.2) is 23.8 Å². The Bertz CT molecular complexity index is 1750. The van der Waals surface area contributed by atoms with E-state index in [4.69, 9.17) is 9.57 Å². The van der Waals surface area contributed by atoms with Crippen LogP contribution in [0.25, 0.3) is 11.1 Å². The number of carbonyl (C=O) groups is 1. The predicted molar refractivity (Wildman–Crippen MR) is 174 cm³/mol. The normalized spacial score (nSPS) is 16.7. The minimum absolute atomic E-state index is 0.328. The lowest BCUT2D eigenvalue weighted by Gasteiger charge is -2.35. The fourth-order valence-electron chi connectivity index (χ4n) is 5.74. The third kappa shape index (κ3) is 6.77. The Morgan fingerprint density at radius 3 is 2.57 bits per heavy atom. The van der Waals surface area contributed by atoms with Crippen molar-refractivity contribution in [2.75, 3.05) is 67.5 Å². The quantitative estimate of drug-likeness (QED) is 0.219. The highest BCUT2D eigenvalue weighted by Crippen LogP contribution is 2.40. The van der Waals surface area contributed by atoms with E-state index >= 15 is 0 Å². The molecule has 2 aliphatic rings. The van der Waals surface area contributed by atoms with Crippen molar-refractivity contribution >= 4 is 34.6 Å². The number of ether oxygens (including phenoxy) is 1. The first-order valence-corrected chi connectivity index (χ1v) is 15.0. The summed E-state index contributed by atoms with van der Waals surface area (Å²) in [5.74, 6) is 0.322. The maximum absolute atomic E-state index is 14.8. The van der Waals surface area contributed by atoms with Crippen molar-refractivity contribution in [2.24, 2.45) is 0 Å². The number of likely N-dealkylation sites (N-methyl/N-ethyl adjacent to an activating group) is 1. The molecule has 1 amide bonds. The SMILES string of the molecule is C=CC(=O)Nc1cc(Nc2cc(N3OCCC3c3cc(F)cc(-c4cccc(F)c4)c3)ncn2)c(OC)cc1N1CCN(C)CC1. The molecule has 2 fully saturated rings. The molecule has 238 valence electrons. The van der Waals surface area contributed by atoms with Gasteiger partial charge in [-0.2, -0.15) is 0 Å². The van der Waals surface area contributed by atoms with Gasteiger partial charge in [-0.1, -0.05) is 18.7 Å². The third-order valence-corrected chi connectivity index (χ3v) is 8.11. The fraction of sp³-hybridized carbons (Fsp3) is 0.265. The van der Waals surface area contributed by atoms with Crippen molar-refractivity contribution in [1.29, 1.82) is 0 Å². The number of anilines is 5. The van der Waals surface area contributed by atoms with Gasteiger partial charge in [-0.3, -0.25) is 9.63 Å². The number of hydrogen-bond acceptors (Lipinski definition) is 9. The molecule has 1 aromatic heterocycles. The Hall–Kier alpha value is -5.07. The lowest BCUT2D eigenvalue weighted by atomic mass is 9.97. The lowest BCUT2D eigenvalue weighted by Crippen LogP contribution is -2.44. The summed E-state index contributed by atoms with van der Waals surface area (Å²) in [6.45, 7) is 7.37. The van der Waals surface area contributed by atoms with E-state index in [9.17, 15) is 13.6 Å². The Morgan fingerprint density at radius 1 is 1.00 bits per heavy atom. The summed E-state index contributed by atoms with van der Waals surface area (Å²) in [6, 6.07) is 15.9. The highest BCUT2D eigenvalue weighted by atomic mass is 19.1. The molecule has 4 aromatic rings. The number of carbonyl (C=O) groups excluding carboxylic acids is 1. The van der Waals surface area contributed by atoms with E-state index in [1.807, 2.05) is 18.2 Å². The Morgan fingerprint density at radius 2 is 1.80 bits per heavy atom. The zero-order chi connectivity index (χ0) is 32.2. The molecule has 0 aliphatic carbocycles. The number of hydrogen-bond donors (Lipinski definition) is 2. The second-order valence-electron chi connectivity index (χ2n) is 11.2. The van der Waals surface area contributed by atoms with Crippen LogP contribution in [-0.4, -0.2) is 67.7 Å². The molecule has 6 rings (SSSR count). The molecule has 46 heavy (non-hydrogen) atoms. The van der Waals surface area contributed by atoms with Crippen molar-refractivity contribution < 1.29 is 23.1 Å². The number of nitrogens with zero attached hydrogens (tertiary/aromatic N) is 5. The van der Waals surface area contributed by atoms with Gasteiger partial charge in [0.1, 0.15) is 29.5 Å². The second kappa shape index (κ2) is 13.5. The van der Waals surface area contributed by atoms with Crippen molar-refractivity contribution in [3.05, 3.63) is 96.8 Å². The molecule has 12 heteroatoms. The van der Waals surface area contributed by atoms with Gasteiger partial charge in [0, 0.05) is 44.7 Å². The molecular weight excluding hydrogens is 592 g/mol. The fourth-order valence-corrected chi connectivity index (χ4v) is 5.74. The molecule has 0 radical (unpaired) electrons. The molecule has 0 bridgehead atoms. The van der Waals surface area contributed by atoms with Crippen molar-refractivity contribution in [1.82, 2.24) is 14.9 Å². The number of piperazine rings is 1. The van der Waals surface area contributed by atoms with E-state index in [2.05, 4.69) is 44.0 Å². The first-order valence-electron chi connectivity index (χ1n) is 15.0. The number of benzene rings is 3. The highest BCUT2D eigenvalue weighted by molar-refractivity contribution is 6.02. The monoisotopic (exact) mass is 627 g/mol. The number of hydroxylamine groups is 1. The standard InChI is InChI=1S/C34H35F2N7O3/c1-4-34(44)40-27-18-28(31(45-3)19-30(27)42-11-9-41(2)10-12-42)39-32-20-33(38-21-37-32)43-29(8-13-46-43)24-14-23(16-26(36)17-24)22-6-5-7-25(35)15-22/h4-7,14-21,29H,1,8-13H2,2-3H3,(H,40,44)(H,37,38,39). The minimum atomic E-state index is -0.430. The van der Waals surface area contributed by atoms with Crippen molar-refractivity contribution in [2.45, 2.75) is 12.5 Å². The number of rotatable bonds is 9. The average Bonchev–Trinajstić information content (AvgIpc) is 3.56. The van der Waals surface area contributed by atoms with Crippen LogP contribution < -0.4 is 25.3 Å². The van der Waals surface area contributed by atoms with Gasteiger partial charge >= 0.3 is 0 Å². The molecule has 0 saturated carbocycles. The molecule has 1 unspecified atom stereocenters. The molecule has 10 nitrogen and oxygen atoms in total. The van der Waals surface area contributed by atoms with Gasteiger partial charge < -0.3 is 25.2 Å². The number of methoxy groups -OCH3 is 1. The maximum atomic E-state index is 14.8. The summed E-state index contributed by atoms with van der Waals surface area (Å²) in [7, 11) is 3.67. The van der Waals surface area contributed by atoms with Crippen LogP contribution >= 0.6 is 0 Å². The van der Waals surface area contributed by atoms with Crippen molar-refractivity contribution in [3.63, 3.8) is 0 Å². The number of nitrogens with one attached hydrogen (secondary N) is 2. The van der Waals surface area contributed by atoms with Gasteiger partial charge in [0.05, 0.1) is 36.8 Å². The Balaban J connectivity index is 1.29. The summed E-state index contributed by atoms with van der Waals surface area (Å²) in [5.41, 5.74) is 3.85. The highest BCUT2D eigenvalue weighted by Gasteiger charge is 2.30. The van der Waals surface area contributed by atoms with E-state index in [-0.39, 0.29) is 11.9 Å². The van der Waals surface area contributed by atoms with E-state index in [1.54, 1.807) is 30.4 Å². The zero-order valence-electron chi connectivity index (χ0n) is 25.7. The predicted octanol–water partition coefficient (Wildman–Crippen LogP) is 5.93. The largest absolute Gasteiger partial charge is 0.494 e. The smallest absolute Gasteiger partial charge is 0.247 e. The maximum Gasteiger partial charge on any atom is 0.247 e. The summed E-state index contributed by atoms with van der Waals surface area (Å²) in [5, 5.41) is 7.87. The average molecular weight is 628 g/mol. The summed E-state index contributed by atoms with van der Waals surface area (Å²) in [4.78, 5) is 31.7. The first-order chi connectivity index (χ1) is 22.3. The molecule has 2 N–H and O–H groups in total. The molecular formula is C34H35F2N7O3. The molecule has 2 aliphatic heterocycles. The second-order valence-corrected chi connectivity index (χ2v) is 11.2. The van der Waals surface area contributed by atoms with Crippen LogP contribution in [0.2, 0.25) is 0 Å². The van der Waals surface area contributed by atoms with Crippen LogP contribution in [0.15, 0.2) is 79.6 Å². The van der Waals surface area contributed by atoms with E-state index in [0.717, 1.165) is 31.9 Å². The van der Waals surface area contributed by atoms with E-state index in [0.29, 0.717) is 58.5 Å². The van der Waals surface area contributed by atoms with Gasteiger partial charge in [0.25, 0.3) is 0 Å². The van der Waals surface area contributed by atoms with Crippen LogP contribution in [0, 0.1) is 11.6 Å². The Kier molecular flexibility index (Phi) is 9.08. The number of amides is 1. The lowest BCUT2D eigenvalue weighted by molar-refractivity contribution is -0.111. The van der Waals surface area contributed by atoms with Crippen molar-refractivity contribution in [3.8, 4) is 16.9 Å². The molecule has 3 aromatic carbocycles. The summed E-state index contributed by atoms with van der Waals surface area (Å²) in [6.07, 6.45) is 3.23. The molecule has 0 spiro atoms. The summed E-state index contributed by atoms with van der Waals surface area (Å²) >= 11 is 0. The van der Waals surface area contributed by atoms with Crippen LogP contribution in [0.5, 0.6) is 5.75 Å². The number of aromatic nitrogens is 2.